The summed E-state index contributed by atoms with van der Waals surface area (Å²) in [6.07, 6.45) is 5.21. The Morgan fingerprint density at radius 1 is 1.25 bits per heavy atom. The second-order valence-electron chi connectivity index (χ2n) is 3.35. The molecule has 0 saturated heterocycles. The van der Waals surface area contributed by atoms with E-state index in [0.29, 0.717) is 6.54 Å². The van der Waals surface area contributed by atoms with Gasteiger partial charge in [-0.2, -0.15) is 0 Å². The summed E-state index contributed by atoms with van der Waals surface area (Å²) in [6, 6.07) is 1.85. The third-order valence-electron chi connectivity index (χ3n) is 2.27. The molecule has 6 nitrogen and oxygen atoms in total. The van der Waals surface area contributed by atoms with Gasteiger partial charge in [-0.1, -0.05) is 0 Å². The Kier molecular flexibility index (Phi) is 3.00. The summed E-state index contributed by atoms with van der Waals surface area (Å²) in [5.74, 6) is 2.53. The zero-order valence-corrected chi connectivity index (χ0v) is 9.31. The van der Waals surface area contributed by atoms with Gasteiger partial charge in [-0.05, 0) is 0 Å². The molecule has 2 aromatic rings. The van der Waals surface area contributed by atoms with Gasteiger partial charge in [0.15, 0.2) is 0 Å². The number of anilines is 2. The van der Waals surface area contributed by atoms with Crippen LogP contribution >= 0.6 is 0 Å². The molecule has 0 radical (unpaired) electrons. The number of aromatic nitrogens is 4. The first kappa shape index (κ1) is 10.4. The van der Waals surface area contributed by atoms with Crippen molar-refractivity contribution in [3.05, 3.63) is 30.6 Å². The molecule has 0 aliphatic carbocycles. The van der Waals surface area contributed by atoms with Crippen LogP contribution in [0.5, 0.6) is 0 Å². The highest BCUT2D eigenvalue weighted by Crippen LogP contribution is 2.08. The summed E-state index contributed by atoms with van der Waals surface area (Å²) in [4.78, 5) is 12.4. The maximum absolute atomic E-state index is 4.21. The monoisotopic (exact) mass is 218 g/mol. The molecule has 0 aliphatic heterocycles. The van der Waals surface area contributed by atoms with Crippen LogP contribution in [0.1, 0.15) is 5.82 Å². The molecule has 2 heterocycles. The van der Waals surface area contributed by atoms with E-state index in [2.05, 4.69) is 25.6 Å². The molecular formula is C10H14N6. The van der Waals surface area contributed by atoms with Gasteiger partial charge in [0.2, 0.25) is 0 Å². The molecule has 0 fully saturated rings. The fraction of sp³-hybridized carbons (Fsp3) is 0.300. The average Bonchev–Trinajstić information content (AvgIpc) is 2.72. The molecule has 6 heteroatoms. The Morgan fingerprint density at radius 2 is 2.06 bits per heavy atom. The minimum atomic E-state index is 0.643. The Labute approximate surface area is 93.8 Å². The van der Waals surface area contributed by atoms with Crippen molar-refractivity contribution in [1.29, 1.82) is 0 Å². The van der Waals surface area contributed by atoms with E-state index in [0.717, 1.165) is 17.5 Å². The Morgan fingerprint density at radius 3 is 2.75 bits per heavy atom. The van der Waals surface area contributed by atoms with Gasteiger partial charge >= 0.3 is 0 Å². The largest absolute Gasteiger partial charge is 0.373 e. The van der Waals surface area contributed by atoms with E-state index in [-0.39, 0.29) is 0 Å². The fourth-order valence-electron chi connectivity index (χ4n) is 1.33. The minimum absolute atomic E-state index is 0.643. The second kappa shape index (κ2) is 4.61. The number of nitrogens with zero attached hydrogens (tertiary/aromatic N) is 4. The van der Waals surface area contributed by atoms with Crippen LogP contribution in [0.4, 0.5) is 11.6 Å². The molecule has 2 aromatic heterocycles. The molecule has 0 unspecified atom stereocenters. The highest BCUT2D eigenvalue weighted by atomic mass is 15.1. The topological polar surface area (TPSA) is 67.7 Å². The van der Waals surface area contributed by atoms with Crippen molar-refractivity contribution in [1.82, 2.24) is 19.5 Å². The van der Waals surface area contributed by atoms with Crippen molar-refractivity contribution in [2.45, 2.75) is 6.54 Å². The normalized spacial score (nSPS) is 10.1. The lowest BCUT2D eigenvalue weighted by molar-refractivity contribution is 0.810. The van der Waals surface area contributed by atoms with Crippen LogP contribution in [0.3, 0.4) is 0 Å². The first-order valence-corrected chi connectivity index (χ1v) is 4.99. The maximum atomic E-state index is 4.21. The third-order valence-corrected chi connectivity index (χ3v) is 2.27. The summed E-state index contributed by atoms with van der Waals surface area (Å²) < 4.78 is 1.97. The van der Waals surface area contributed by atoms with E-state index in [1.165, 1.54) is 6.33 Å². The van der Waals surface area contributed by atoms with Crippen LogP contribution in [0, 0.1) is 0 Å². The van der Waals surface area contributed by atoms with E-state index in [4.69, 9.17) is 0 Å². The van der Waals surface area contributed by atoms with Gasteiger partial charge in [0.25, 0.3) is 0 Å². The van der Waals surface area contributed by atoms with Crippen LogP contribution in [0.2, 0.25) is 0 Å². The minimum Gasteiger partial charge on any atom is -0.373 e. The summed E-state index contributed by atoms with van der Waals surface area (Å²) in [5.41, 5.74) is 0. The van der Waals surface area contributed by atoms with Gasteiger partial charge in [-0.15, -0.1) is 0 Å². The van der Waals surface area contributed by atoms with Crippen molar-refractivity contribution in [3.8, 4) is 0 Å². The van der Waals surface area contributed by atoms with Crippen molar-refractivity contribution in [3.63, 3.8) is 0 Å². The molecule has 0 saturated carbocycles. The van der Waals surface area contributed by atoms with Crippen LogP contribution in [0.25, 0.3) is 0 Å². The number of hydrogen-bond acceptors (Lipinski definition) is 5. The van der Waals surface area contributed by atoms with Crippen molar-refractivity contribution < 1.29 is 0 Å². The fourth-order valence-corrected chi connectivity index (χ4v) is 1.33. The van der Waals surface area contributed by atoms with E-state index >= 15 is 0 Å². The highest BCUT2D eigenvalue weighted by molar-refractivity contribution is 5.45. The predicted octanol–water partition coefficient (Wildman–Crippen LogP) is 0.864. The van der Waals surface area contributed by atoms with Crippen molar-refractivity contribution in [2.75, 3.05) is 17.7 Å². The Hall–Kier alpha value is -2.11. The molecule has 2 N–H and O–H groups in total. The molecular weight excluding hydrogens is 204 g/mol. The van der Waals surface area contributed by atoms with E-state index < -0.39 is 0 Å². The smallest absolute Gasteiger partial charge is 0.131 e. The van der Waals surface area contributed by atoms with Crippen LogP contribution in [0.15, 0.2) is 24.8 Å². The summed E-state index contributed by atoms with van der Waals surface area (Å²) in [7, 11) is 3.79. The van der Waals surface area contributed by atoms with Crippen LogP contribution in [-0.4, -0.2) is 26.6 Å². The van der Waals surface area contributed by atoms with Crippen LogP contribution < -0.4 is 10.6 Å². The molecule has 84 valence electrons. The lowest BCUT2D eigenvalue weighted by Crippen LogP contribution is -2.07. The van der Waals surface area contributed by atoms with Gasteiger partial charge in [0, 0.05) is 32.6 Å². The third kappa shape index (κ3) is 2.28. The number of imidazole rings is 1. The molecule has 0 aromatic carbocycles. The van der Waals surface area contributed by atoms with E-state index in [1.54, 1.807) is 6.20 Å². The van der Waals surface area contributed by atoms with Crippen molar-refractivity contribution >= 4 is 11.6 Å². The summed E-state index contributed by atoms with van der Waals surface area (Å²) >= 11 is 0. The van der Waals surface area contributed by atoms with Gasteiger partial charge in [-0.25, -0.2) is 15.0 Å². The molecule has 0 spiro atoms. The standard InChI is InChI=1S/C10H14N6/c1-11-8-5-9(15-7-14-8)13-6-10-12-3-4-16(10)2/h3-5,7H,6H2,1-2H3,(H2,11,13,14,15). The molecule has 16 heavy (non-hydrogen) atoms. The summed E-state index contributed by atoms with van der Waals surface area (Å²) in [5, 5.41) is 6.15. The molecule has 2 rings (SSSR count). The predicted molar refractivity (Wildman–Crippen MR) is 62.1 cm³/mol. The summed E-state index contributed by atoms with van der Waals surface area (Å²) in [6.45, 7) is 0.643. The van der Waals surface area contributed by atoms with Gasteiger partial charge in [0.05, 0.1) is 6.54 Å². The average molecular weight is 218 g/mol. The number of aryl methyl sites for hydroxylation is 1. The lowest BCUT2D eigenvalue weighted by Gasteiger charge is -2.06. The molecule has 0 amide bonds. The Bertz CT molecular complexity index is 464. The first-order valence-electron chi connectivity index (χ1n) is 4.99. The zero-order valence-electron chi connectivity index (χ0n) is 9.31. The van der Waals surface area contributed by atoms with Crippen LogP contribution in [-0.2, 0) is 13.6 Å². The molecule has 0 atom stereocenters. The Balaban J connectivity index is 2.02. The van der Waals surface area contributed by atoms with Gasteiger partial charge in [0.1, 0.15) is 23.8 Å². The maximum Gasteiger partial charge on any atom is 0.131 e. The SMILES string of the molecule is CNc1cc(NCc2nccn2C)ncn1. The number of hydrogen-bond donors (Lipinski definition) is 2. The first-order chi connectivity index (χ1) is 7.79. The van der Waals surface area contributed by atoms with Crippen molar-refractivity contribution in [2.24, 2.45) is 7.05 Å². The number of nitrogens with one attached hydrogen (secondary N) is 2. The number of rotatable bonds is 4. The van der Waals surface area contributed by atoms with E-state index in [1.807, 2.05) is 30.9 Å². The quantitative estimate of drug-likeness (QED) is 0.796. The second-order valence-corrected chi connectivity index (χ2v) is 3.35. The highest BCUT2D eigenvalue weighted by Gasteiger charge is 2.00. The van der Waals surface area contributed by atoms with Gasteiger partial charge in [-0.3, -0.25) is 0 Å². The lowest BCUT2D eigenvalue weighted by atomic mass is 10.5. The van der Waals surface area contributed by atoms with E-state index in [9.17, 15) is 0 Å². The van der Waals surface area contributed by atoms with Gasteiger partial charge < -0.3 is 15.2 Å². The zero-order chi connectivity index (χ0) is 11.4. The molecule has 0 bridgehead atoms. The molecule has 0 aliphatic rings.